The number of hydrogen-bond donors (Lipinski definition) is 1. The van der Waals surface area contributed by atoms with Crippen molar-refractivity contribution in [2.45, 2.75) is 38.5 Å². The molecule has 3 atom stereocenters. The summed E-state index contributed by atoms with van der Waals surface area (Å²) in [6.07, 6.45) is 2.39. The fourth-order valence-corrected chi connectivity index (χ4v) is 1.79. The van der Waals surface area contributed by atoms with Gasteiger partial charge in [-0.1, -0.05) is 6.58 Å². The predicted molar refractivity (Wildman–Crippen MR) is 57.6 cm³/mol. The SMILES string of the molecule is C=CC(=O)OCCOC1CC(C)NC1C. The Labute approximate surface area is 90.6 Å². The normalized spacial score (nSPS) is 30.1. The maximum absolute atomic E-state index is 10.7. The van der Waals surface area contributed by atoms with Gasteiger partial charge in [-0.2, -0.15) is 0 Å². The van der Waals surface area contributed by atoms with Crippen LogP contribution < -0.4 is 5.32 Å². The van der Waals surface area contributed by atoms with Gasteiger partial charge in [0.15, 0.2) is 0 Å². The third-order valence-corrected chi connectivity index (χ3v) is 2.52. The fraction of sp³-hybridized carbons (Fsp3) is 0.727. The van der Waals surface area contributed by atoms with Gasteiger partial charge in [-0.25, -0.2) is 4.79 Å². The molecule has 1 aliphatic heterocycles. The summed E-state index contributed by atoms with van der Waals surface area (Å²) in [6, 6.07) is 0.871. The quantitative estimate of drug-likeness (QED) is 0.418. The number of rotatable bonds is 5. The first-order valence-corrected chi connectivity index (χ1v) is 5.30. The Kier molecular flexibility index (Phi) is 4.78. The first-order chi connectivity index (χ1) is 7.13. The van der Waals surface area contributed by atoms with Gasteiger partial charge in [-0.15, -0.1) is 0 Å². The van der Waals surface area contributed by atoms with E-state index in [9.17, 15) is 4.79 Å². The van der Waals surface area contributed by atoms with Crippen LogP contribution in [0.3, 0.4) is 0 Å². The summed E-state index contributed by atoms with van der Waals surface area (Å²) in [7, 11) is 0. The predicted octanol–water partition coefficient (Wildman–Crippen LogP) is 0.871. The molecule has 0 aliphatic carbocycles. The molecule has 3 unspecified atom stereocenters. The van der Waals surface area contributed by atoms with Crippen molar-refractivity contribution in [1.82, 2.24) is 5.32 Å². The summed E-state index contributed by atoms with van der Waals surface area (Å²) >= 11 is 0. The van der Waals surface area contributed by atoms with Crippen LogP contribution in [0.15, 0.2) is 12.7 Å². The second-order valence-electron chi connectivity index (χ2n) is 3.87. The molecule has 0 aromatic carbocycles. The van der Waals surface area contributed by atoms with E-state index >= 15 is 0 Å². The van der Waals surface area contributed by atoms with E-state index in [0.29, 0.717) is 25.3 Å². The molecule has 1 aliphatic rings. The molecule has 4 heteroatoms. The van der Waals surface area contributed by atoms with Gasteiger partial charge in [0, 0.05) is 18.2 Å². The Hall–Kier alpha value is -0.870. The minimum Gasteiger partial charge on any atom is -0.460 e. The molecule has 1 N–H and O–H groups in total. The smallest absolute Gasteiger partial charge is 0.330 e. The molecular weight excluding hydrogens is 194 g/mol. The number of esters is 1. The van der Waals surface area contributed by atoms with Crippen molar-refractivity contribution in [2.75, 3.05) is 13.2 Å². The summed E-state index contributed by atoms with van der Waals surface area (Å²) < 4.78 is 10.4. The minimum absolute atomic E-state index is 0.224. The molecular formula is C11H19NO3. The molecule has 0 saturated carbocycles. The van der Waals surface area contributed by atoms with Crippen molar-refractivity contribution >= 4 is 5.97 Å². The van der Waals surface area contributed by atoms with E-state index in [-0.39, 0.29) is 6.10 Å². The Bertz CT molecular complexity index is 230. The summed E-state index contributed by atoms with van der Waals surface area (Å²) in [5.41, 5.74) is 0. The second-order valence-corrected chi connectivity index (χ2v) is 3.87. The standard InChI is InChI=1S/C11H19NO3/c1-4-11(13)15-6-5-14-10-7-8(2)12-9(10)3/h4,8-10,12H,1,5-7H2,2-3H3. The number of carbonyl (C=O) groups is 1. The molecule has 4 nitrogen and oxygen atoms in total. The molecule has 0 aromatic rings. The van der Waals surface area contributed by atoms with Gasteiger partial charge in [-0.05, 0) is 20.3 Å². The molecule has 0 amide bonds. The lowest BCUT2D eigenvalue weighted by Gasteiger charge is -2.15. The van der Waals surface area contributed by atoms with Crippen LogP contribution in [-0.4, -0.2) is 37.4 Å². The highest BCUT2D eigenvalue weighted by molar-refractivity contribution is 5.81. The number of ether oxygens (including phenoxy) is 2. The highest BCUT2D eigenvalue weighted by Gasteiger charge is 2.28. The summed E-state index contributed by atoms with van der Waals surface area (Å²) in [4.78, 5) is 10.7. The van der Waals surface area contributed by atoms with Crippen LogP contribution in [0.4, 0.5) is 0 Å². The Morgan fingerprint density at radius 1 is 1.53 bits per heavy atom. The number of carbonyl (C=O) groups excluding carboxylic acids is 1. The van der Waals surface area contributed by atoms with E-state index in [0.717, 1.165) is 12.5 Å². The Morgan fingerprint density at radius 3 is 2.80 bits per heavy atom. The van der Waals surface area contributed by atoms with Crippen molar-refractivity contribution in [3.63, 3.8) is 0 Å². The molecule has 0 spiro atoms. The molecule has 1 saturated heterocycles. The van der Waals surface area contributed by atoms with Crippen LogP contribution in [0.25, 0.3) is 0 Å². The topological polar surface area (TPSA) is 47.6 Å². The van der Waals surface area contributed by atoms with Crippen molar-refractivity contribution in [3.8, 4) is 0 Å². The number of hydrogen-bond acceptors (Lipinski definition) is 4. The number of nitrogens with one attached hydrogen (secondary N) is 1. The zero-order chi connectivity index (χ0) is 11.3. The molecule has 0 bridgehead atoms. The van der Waals surface area contributed by atoms with Crippen LogP contribution in [0, 0.1) is 0 Å². The minimum atomic E-state index is -0.399. The summed E-state index contributed by atoms with van der Waals surface area (Å²) in [5, 5.41) is 3.38. The molecule has 1 fully saturated rings. The average Bonchev–Trinajstić information content (AvgIpc) is 2.52. The van der Waals surface area contributed by atoms with Crippen molar-refractivity contribution in [2.24, 2.45) is 0 Å². The Morgan fingerprint density at radius 2 is 2.27 bits per heavy atom. The van der Waals surface area contributed by atoms with E-state index in [2.05, 4.69) is 25.7 Å². The van der Waals surface area contributed by atoms with E-state index in [4.69, 9.17) is 9.47 Å². The molecule has 0 aromatic heterocycles. The monoisotopic (exact) mass is 213 g/mol. The van der Waals surface area contributed by atoms with E-state index in [1.807, 2.05) is 0 Å². The van der Waals surface area contributed by atoms with Crippen LogP contribution in [0.5, 0.6) is 0 Å². The van der Waals surface area contributed by atoms with Crippen molar-refractivity contribution in [1.29, 1.82) is 0 Å². The third kappa shape index (κ3) is 4.01. The third-order valence-electron chi connectivity index (χ3n) is 2.52. The largest absolute Gasteiger partial charge is 0.460 e. The lowest BCUT2D eigenvalue weighted by atomic mass is 10.2. The lowest BCUT2D eigenvalue weighted by Crippen LogP contribution is -2.31. The van der Waals surface area contributed by atoms with Gasteiger partial charge >= 0.3 is 5.97 Å². The van der Waals surface area contributed by atoms with Gasteiger partial charge in [0.05, 0.1) is 12.7 Å². The average molecular weight is 213 g/mol. The van der Waals surface area contributed by atoms with Crippen molar-refractivity contribution < 1.29 is 14.3 Å². The molecule has 86 valence electrons. The van der Waals surface area contributed by atoms with E-state index in [1.54, 1.807) is 0 Å². The molecule has 0 radical (unpaired) electrons. The van der Waals surface area contributed by atoms with E-state index < -0.39 is 5.97 Å². The maximum atomic E-state index is 10.7. The molecule has 1 rings (SSSR count). The molecule has 15 heavy (non-hydrogen) atoms. The highest BCUT2D eigenvalue weighted by Crippen LogP contribution is 2.15. The molecule has 1 heterocycles. The zero-order valence-corrected chi connectivity index (χ0v) is 9.36. The second kappa shape index (κ2) is 5.88. The summed E-state index contributed by atoms with van der Waals surface area (Å²) in [5.74, 6) is -0.399. The van der Waals surface area contributed by atoms with Gasteiger partial charge in [-0.3, -0.25) is 0 Å². The highest BCUT2D eigenvalue weighted by atomic mass is 16.6. The van der Waals surface area contributed by atoms with Crippen LogP contribution in [0.1, 0.15) is 20.3 Å². The first-order valence-electron chi connectivity index (χ1n) is 5.30. The van der Waals surface area contributed by atoms with Gasteiger partial charge in [0.2, 0.25) is 0 Å². The van der Waals surface area contributed by atoms with Crippen LogP contribution >= 0.6 is 0 Å². The van der Waals surface area contributed by atoms with Crippen molar-refractivity contribution in [3.05, 3.63) is 12.7 Å². The summed E-state index contributed by atoms with van der Waals surface area (Å²) in [6.45, 7) is 8.29. The maximum Gasteiger partial charge on any atom is 0.330 e. The van der Waals surface area contributed by atoms with Gasteiger partial charge < -0.3 is 14.8 Å². The fourth-order valence-electron chi connectivity index (χ4n) is 1.79. The first kappa shape index (κ1) is 12.2. The van der Waals surface area contributed by atoms with Gasteiger partial charge in [0.1, 0.15) is 6.61 Å². The van der Waals surface area contributed by atoms with Crippen LogP contribution in [0.2, 0.25) is 0 Å². The van der Waals surface area contributed by atoms with Crippen LogP contribution in [-0.2, 0) is 14.3 Å². The lowest BCUT2D eigenvalue weighted by molar-refractivity contribution is -0.139. The Balaban J connectivity index is 2.10. The van der Waals surface area contributed by atoms with E-state index in [1.165, 1.54) is 0 Å². The van der Waals surface area contributed by atoms with Gasteiger partial charge in [0.25, 0.3) is 0 Å². The zero-order valence-electron chi connectivity index (χ0n) is 9.36.